The molecule has 26 heavy (non-hydrogen) atoms. The molecule has 0 saturated heterocycles. The molecule has 0 aliphatic carbocycles. The number of carbonyl (C=O) groups is 1. The van der Waals surface area contributed by atoms with Gasteiger partial charge in [0.2, 0.25) is 0 Å². The molecule has 0 aliphatic heterocycles. The molecule has 1 aromatic carbocycles. The predicted molar refractivity (Wildman–Crippen MR) is 101 cm³/mol. The van der Waals surface area contributed by atoms with Gasteiger partial charge in [0.1, 0.15) is 11.5 Å². The molecule has 0 atom stereocenters. The molecule has 0 unspecified atom stereocenters. The Labute approximate surface area is 155 Å². The van der Waals surface area contributed by atoms with Gasteiger partial charge in [0, 0.05) is 24.9 Å². The van der Waals surface area contributed by atoms with Crippen LogP contribution in [0.3, 0.4) is 0 Å². The second-order valence-electron chi connectivity index (χ2n) is 6.79. The van der Waals surface area contributed by atoms with Crippen LogP contribution in [-0.2, 0) is 16.4 Å². The molecular formula is C19H26N2O4S. The summed E-state index contributed by atoms with van der Waals surface area (Å²) < 4.78 is 29.5. The van der Waals surface area contributed by atoms with Gasteiger partial charge in [0.25, 0.3) is 5.91 Å². The van der Waals surface area contributed by atoms with E-state index in [1.807, 2.05) is 38.1 Å². The zero-order valence-corrected chi connectivity index (χ0v) is 16.8. The standard InChI is InChI=1S/C19H26N2O4S/c1-14-6-8-16(12-18(14)26(5,23)24)19(22)21(11-10-20(3)4)13-17-9-7-15(2)25-17/h6-9,12H,10-11,13H2,1-5H3. The van der Waals surface area contributed by atoms with Gasteiger partial charge in [0.15, 0.2) is 9.84 Å². The van der Waals surface area contributed by atoms with E-state index in [1.165, 1.54) is 6.07 Å². The molecule has 7 heteroatoms. The van der Waals surface area contributed by atoms with Crippen molar-refractivity contribution in [2.75, 3.05) is 33.4 Å². The Hall–Kier alpha value is -2.12. The van der Waals surface area contributed by atoms with Crippen LogP contribution in [0.15, 0.2) is 39.6 Å². The van der Waals surface area contributed by atoms with Crippen molar-refractivity contribution in [3.8, 4) is 0 Å². The molecule has 0 aliphatic rings. The normalized spacial score (nSPS) is 11.8. The fraction of sp³-hybridized carbons (Fsp3) is 0.421. The smallest absolute Gasteiger partial charge is 0.254 e. The number of carbonyl (C=O) groups excluding carboxylic acids is 1. The van der Waals surface area contributed by atoms with Crippen molar-refractivity contribution >= 4 is 15.7 Å². The Kier molecular flexibility index (Phi) is 6.26. The summed E-state index contributed by atoms with van der Waals surface area (Å²) in [6.45, 7) is 5.11. The molecule has 1 heterocycles. The van der Waals surface area contributed by atoms with Gasteiger partial charge in [-0.25, -0.2) is 8.42 Å². The minimum atomic E-state index is -3.39. The van der Waals surface area contributed by atoms with E-state index in [-0.39, 0.29) is 10.8 Å². The maximum Gasteiger partial charge on any atom is 0.254 e. The average Bonchev–Trinajstić information content (AvgIpc) is 2.95. The number of amides is 1. The molecule has 6 nitrogen and oxygen atoms in total. The van der Waals surface area contributed by atoms with Crippen molar-refractivity contribution in [3.63, 3.8) is 0 Å². The largest absolute Gasteiger partial charge is 0.464 e. The highest BCUT2D eigenvalue weighted by Crippen LogP contribution is 2.19. The Bertz CT molecular complexity index is 885. The van der Waals surface area contributed by atoms with Crippen LogP contribution in [0.5, 0.6) is 0 Å². The van der Waals surface area contributed by atoms with Crippen molar-refractivity contribution in [1.29, 1.82) is 0 Å². The van der Waals surface area contributed by atoms with Gasteiger partial charge in [-0.3, -0.25) is 4.79 Å². The van der Waals surface area contributed by atoms with Crippen LogP contribution in [0.25, 0.3) is 0 Å². The van der Waals surface area contributed by atoms with Gasteiger partial charge in [-0.2, -0.15) is 0 Å². The van der Waals surface area contributed by atoms with E-state index in [0.717, 1.165) is 12.0 Å². The van der Waals surface area contributed by atoms with E-state index in [1.54, 1.807) is 24.0 Å². The maximum atomic E-state index is 13.0. The predicted octanol–water partition coefficient (Wildman–Crippen LogP) is 2.50. The lowest BCUT2D eigenvalue weighted by molar-refractivity contribution is 0.0719. The second-order valence-corrected chi connectivity index (χ2v) is 8.78. The van der Waals surface area contributed by atoms with Crippen molar-refractivity contribution in [2.24, 2.45) is 0 Å². The average molecular weight is 378 g/mol. The first-order valence-electron chi connectivity index (χ1n) is 8.38. The van der Waals surface area contributed by atoms with E-state index >= 15 is 0 Å². The third kappa shape index (κ3) is 5.19. The van der Waals surface area contributed by atoms with Crippen molar-refractivity contribution in [1.82, 2.24) is 9.80 Å². The molecular weight excluding hydrogens is 352 g/mol. The molecule has 1 amide bonds. The molecule has 0 radical (unpaired) electrons. The third-order valence-corrected chi connectivity index (χ3v) is 5.32. The van der Waals surface area contributed by atoms with Crippen LogP contribution in [-0.4, -0.2) is 57.6 Å². The molecule has 2 rings (SSSR count). The summed E-state index contributed by atoms with van der Waals surface area (Å²) in [6, 6.07) is 8.51. The van der Waals surface area contributed by atoms with Gasteiger partial charge in [-0.1, -0.05) is 6.07 Å². The van der Waals surface area contributed by atoms with Crippen molar-refractivity contribution in [3.05, 3.63) is 53.0 Å². The monoisotopic (exact) mass is 378 g/mol. The summed E-state index contributed by atoms with van der Waals surface area (Å²) in [5, 5.41) is 0. The minimum absolute atomic E-state index is 0.185. The fourth-order valence-electron chi connectivity index (χ4n) is 2.65. The Morgan fingerprint density at radius 3 is 2.31 bits per heavy atom. The number of benzene rings is 1. The lowest BCUT2D eigenvalue weighted by Crippen LogP contribution is -2.36. The number of nitrogens with zero attached hydrogens (tertiary/aromatic N) is 2. The highest BCUT2D eigenvalue weighted by atomic mass is 32.2. The Morgan fingerprint density at radius 1 is 1.08 bits per heavy atom. The number of hydrogen-bond acceptors (Lipinski definition) is 5. The first-order valence-corrected chi connectivity index (χ1v) is 10.3. The maximum absolute atomic E-state index is 13.0. The quantitative estimate of drug-likeness (QED) is 0.740. The van der Waals surface area contributed by atoms with E-state index < -0.39 is 9.84 Å². The zero-order valence-electron chi connectivity index (χ0n) is 15.9. The van der Waals surface area contributed by atoms with Crippen molar-refractivity contribution in [2.45, 2.75) is 25.3 Å². The number of furan rings is 1. The zero-order chi connectivity index (χ0) is 19.5. The summed E-state index contributed by atoms with van der Waals surface area (Å²) in [5.74, 6) is 1.27. The van der Waals surface area contributed by atoms with Crippen molar-refractivity contribution < 1.29 is 17.6 Å². The van der Waals surface area contributed by atoms with Gasteiger partial charge >= 0.3 is 0 Å². The SMILES string of the molecule is Cc1ccc(CN(CCN(C)C)C(=O)c2ccc(C)c(S(C)(=O)=O)c2)o1. The molecule has 2 aromatic rings. The number of hydrogen-bond donors (Lipinski definition) is 0. The molecule has 0 N–H and O–H groups in total. The molecule has 0 spiro atoms. The number of rotatable bonds is 7. The molecule has 0 fully saturated rings. The first-order chi connectivity index (χ1) is 12.1. The van der Waals surface area contributed by atoms with Gasteiger partial charge in [-0.15, -0.1) is 0 Å². The van der Waals surface area contributed by atoms with E-state index in [4.69, 9.17) is 4.42 Å². The van der Waals surface area contributed by atoms with Crippen LogP contribution < -0.4 is 0 Å². The van der Waals surface area contributed by atoms with Crippen LogP contribution in [0.4, 0.5) is 0 Å². The first kappa shape index (κ1) is 20.2. The molecule has 0 saturated carbocycles. The van der Waals surface area contributed by atoms with E-state index in [0.29, 0.717) is 36.5 Å². The Morgan fingerprint density at radius 2 is 1.77 bits per heavy atom. The van der Waals surface area contributed by atoms with Crippen LogP contribution in [0.1, 0.15) is 27.4 Å². The summed E-state index contributed by atoms with van der Waals surface area (Å²) in [6.07, 6.45) is 1.15. The summed E-state index contributed by atoms with van der Waals surface area (Å²) >= 11 is 0. The summed E-state index contributed by atoms with van der Waals surface area (Å²) in [7, 11) is 0.482. The van der Waals surface area contributed by atoms with Crippen LogP contribution >= 0.6 is 0 Å². The Balaban J connectivity index is 2.33. The number of likely N-dealkylation sites (N-methyl/N-ethyl adjacent to an activating group) is 1. The van der Waals surface area contributed by atoms with E-state index in [9.17, 15) is 13.2 Å². The topological polar surface area (TPSA) is 70.8 Å². The minimum Gasteiger partial charge on any atom is -0.464 e. The molecule has 142 valence electrons. The molecule has 1 aromatic heterocycles. The fourth-order valence-corrected chi connectivity index (χ4v) is 3.64. The van der Waals surface area contributed by atoms with Gasteiger partial charge in [0.05, 0.1) is 11.4 Å². The van der Waals surface area contributed by atoms with Gasteiger partial charge < -0.3 is 14.2 Å². The van der Waals surface area contributed by atoms with Crippen LogP contribution in [0.2, 0.25) is 0 Å². The summed E-state index contributed by atoms with van der Waals surface area (Å²) in [5.41, 5.74) is 0.989. The lowest BCUT2D eigenvalue weighted by Gasteiger charge is -2.24. The van der Waals surface area contributed by atoms with Gasteiger partial charge in [-0.05, 0) is 57.8 Å². The van der Waals surface area contributed by atoms with E-state index in [2.05, 4.69) is 0 Å². The second kappa shape index (κ2) is 8.05. The highest BCUT2D eigenvalue weighted by Gasteiger charge is 2.20. The summed E-state index contributed by atoms with van der Waals surface area (Å²) in [4.78, 5) is 16.9. The number of sulfone groups is 1. The number of aryl methyl sites for hydroxylation is 2. The third-order valence-electron chi connectivity index (χ3n) is 4.08. The van der Waals surface area contributed by atoms with Crippen LogP contribution in [0, 0.1) is 13.8 Å². The lowest BCUT2D eigenvalue weighted by atomic mass is 10.1. The molecule has 0 bridgehead atoms. The highest BCUT2D eigenvalue weighted by molar-refractivity contribution is 7.90.